The van der Waals surface area contributed by atoms with E-state index in [4.69, 9.17) is 9.26 Å². The summed E-state index contributed by atoms with van der Waals surface area (Å²) >= 11 is 0. The molecule has 0 radical (unpaired) electrons. The molecule has 1 saturated heterocycles. The molecule has 3 aromatic rings. The molecule has 1 fully saturated rings. The smallest absolute Gasteiger partial charge is 0.258 e. The van der Waals surface area contributed by atoms with Crippen LogP contribution in [-0.4, -0.2) is 34.6 Å². The van der Waals surface area contributed by atoms with Crippen molar-refractivity contribution in [2.24, 2.45) is 0 Å². The fourth-order valence-corrected chi connectivity index (χ4v) is 3.39. The topological polar surface area (TPSA) is 68.5 Å². The lowest BCUT2D eigenvalue weighted by Gasteiger charge is -2.22. The Balaban J connectivity index is 1.62. The summed E-state index contributed by atoms with van der Waals surface area (Å²) in [6.45, 7) is 0.532. The van der Waals surface area contributed by atoms with E-state index in [1.54, 1.807) is 29.2 Å². The summed E-state index contributed by atoms with van der Waals surface area (Å²) in [6, 6.07) is 9.71. The summed E-state index contributed by atoms with van der Waals surface area (Å²) in [4.78, 5) is 18.9. The van der Waals surface area contributed by atoms with Gasteiger partial charge in [-0.2, -0.15) is 4.98 Å². The molecule has 6 nitrogen and oxygen atoms in total. The molecule has 1 aliphatic rings. The van der Waals surface area contributed by atoms with Crippen molar-refractivity contribution in [1.82, 2.24) is 15.0 Å². The zero-order chi connectivity index (χ0) is 19.7. The number of rotatable bonds is 4. The number of likely N-dealkylation sites (tertiary alicyclic amines) is 1. The minimum absolute atomic E-state index is 0.0177. The van der Waals surface area contributed by atoms with E-state index >= 15 is 0 Å². The molecule has 0 saturated carbocycles. The molecule has 144 valence electrons. The van der Waals surface area contributed by atoms with Crippen molar-refractivity contribution in [2.45, 2.75) is 18.9 Å². The molecular formula is C20H17F2N3O3. The van der Waals surface area contributed by atoms with Crippen LogP contribution in [0.3, 0.4) is 0 Å². The van der Waals surface area contributed by atoms with E-state index in [2.05, 4.69) is 10.1 Å². The van der Waals surface area contributed by atoms with Gasteiger partial charge in [0.05, 0.1) is 18.2 Å². The number of carbonyl (C=O) groups is 1. The number of methoxy groups -OCH3 is 1. The number of nitrogens with zero attached hydrogens (tertiary/aromatic N) is 3. The summed E-state index contributed by atoms with van der Waals surface area (Å²) in [5.41, 5.74) is 0.484. The van der Waals surface area contributed by atoms with E-state index in [1.165, 1.54) is 13.2 Å². The molecule has 4 rings (SSSR count). The third-order valence-electron chi connectivity index (χ3n) is 4.75. The molecule has 0 unspecified atom stereocenters. The third kappa shape index (κ3) is 3.21. The quantitative estimate of drug-likeness (QED) is 0.679. The molecule has 1 aromatic heterocycles. The fraction of sp³-hybridized carbons (Fsp3) is 0.250. The third-order valence-corrected chi connectivity index (χ3v) is 4.75. The Morgan fingerprint density at radius 2 is 2.07 bits per heavy atom. The second-order valence-corrected chi connectivity index (χ2v) is 6.44. The predicted molar refractivity (Wildman–Crippen MR) is 95.7 cm³/mol. The molecule has 1 amide bonds. The molecular weight excluding hydrogens is 368 g/mol. The molecule has 0 bridgehead atoms. The average molecular weight is 385 g/mol. The van der Waals surface area contributed by atoms with Crippen molar-refractivity contribution in [3.63, 3.8) is 0 Å². The first-order valence-corrected chi connectivity index (χ1v) is 8.81. The van der Waals surface area contributed by atoms with E-state index < -0.39 is 17.7 Å². The van der Waals surface area contributed by atoms with Gasteiger partial charge in [-0.05, 0) is 37.1 Å². The van der Waals surface area contributed by atoms with E-state index in [0.717, 1.165) is 18.6 Å². The Morgan fingerprint density at radius 3 is 2.86 bits per heavy atom. The van der Waals surface area contributed by atoms with Gasteiger partial charge < -0.3 is 14.2 Å². The number of ether oxygens (including phenoxy) is 1. The maximum absolute atomic E-state index is 14.0. The van der Waals surface area contributed by atoms with E-state index in [9.17, 15) is 13.6 Å². The number of benzene rings is 2. The first-order chi connectivity index (χ1) is 13.6. The second kappa shape index (κ2) is 7.38. The van der Waals surface area contributed by atoms with Crippen LogP contribution < -0.4 is 4.74 Å². The highest BCUT2D eigenvalue weighted by Crippen LogP contribution is 2.34. The normalized spacial score (nSPS) is 16.4. The highest BCUT2D eigenvalue weighted by Gasteiger charge is 2.35. The standard InChI is InChI=1S/C20H17F2N3O3/c1-27-17-7-3-2-5-14(17)20(26)25-10-4-6-16(25)19-23-18(24-28-19)13-9-8-12(21)11-15(13)22/h2-3,5,7-9,11,16H,4,6,10H2,1H3/t16-/m1/s1. The van der Waals surface area contributed by atoms with E-state index in [1.807, 2.05) is 0 Å². The van der Waals surface area contributed by atoms with E-state index in [0.29, 0.717) is 24.3 Å². The molecule has 1 aliphatic heterocycles. The van der Waals surface area contributed by atoms with Gasteiger partial charge in [0.1, 0.15) is 23.4 Å². The molecule has 0 N–H and O–H groups in total. The van der Waals surface area contributed by atoms with Gasteiger partial charge >= 0.3 is 0 Å². The number of amides is 1. The van der Waals surface area contributed by atoms with Gasteiger partial charge in [0.15, 0.2) is 0 Å². The monoisotopic (exact) mass is 385 g/mol. The minimum atomic E-state index is -0.777. The van der Waals surface area contributed by atoms with Crippen LogP contribution in [0.1, 0.15) is 35.1 Å². The van der Waals surface area contributed by atoms with Crippen LogP contribution in [0, 0.1) is 11.6 Å². The largest absolute Gasteiger partial charge is 0.496 e. The maximum Gasteiger partial charge on any atom is 0.258 e. The number of aromatic nitrogens is 2. The van der Waals surface area contributed by atoms with Crippen molar-refractivity contribution in [3.05, 3.63) is 65.6 Å². The lowest BCUT2D eigenvalue weighted by atomic mass is 10.1. The average Bonchev–Trinajstić information content (AvgIpc) is 3.36. The highest BCUT2D eigenvalue weighted by atomic mass is 19.1. The molecule has 1 atom stereocenters. The van der Waals surface area contributed by atoms with Crippen LogP contribution in [0.25, 0.3) is 11.4 Å². The van der Waals surface area contributed by atoms with Crippen molar-refractivity contribution in [2.75, 3.05) is 13.7 Å². The SMILES string of the molecule is COc1ccccc1C(=O)N1CCC[C@@H]1c1nc(-c2ccc(F)cc2F)no1. The van der Waals surface area contributed by atoms with Gasteiger partial charge in [-0.25, -0.2) is 8.78 Å². The van der Waals surface area contributed by atoms with Crippen LogP contribution >= 0.6 is 0 Å². The van der Waals surface area contributed by atoms with Crippen LogP contribution in [0.2, 0.25) is 0 Å². The number of hydrogen-bond acceptors (Lipinski definition) is 5. The first-order valence-electron chi connectivity index (χ1n) is 8.81. The van der Waals surface area contributed by atoms with Crippen molar-refractivity contribution < 1.29 is 22.8 Å². The Morgan fingerprint density at radius 1 is 1.25 bits per heavy atom. The minimum Gasteiger partial charge on any atom is -0.496 e. The van der Waals surface area contributed by atoms with Gasteiger partial charge in [-0.3, -0.25) is 4.79 Å². The maximum atomic E-state index is 14.0. The Labute approximate surface area is 159 Å². The van der Waals surface area contributed by atoms with Gasteiger partial charge in [0.2, 0.25) is 11.7 Å². The number of carbonyl (C=O) groups excluding carboxylic acids is 1. The summed E-state index contributed by atoms with van der Waals surface area (Å²) < 4.78 is 37.7. The van der Waals surface area contributed by atoms with Gasteiger partial charge in [-0.1, -0.05) is 17.3 Å². The Hall–Kier alpha value is -3.29. The second-order valence-electron chi connectivity index (χ2n) is 6.44. The van der Waals surface area contributed by atoms with Gasteiger partial charge in [-0.15, -0.1) is 0 Å². The molecule has 0 aliphatic carbocycles. The van der Waals surface area contributed by atoms with Crippen LogP contribution in [0.15, 0.2) is 47.0 Å². The zero-order valence-corrected chi connectivity index (χ0v) is 15.1. The van der Waals surface area contributed by atoms with Crippen molar-refractivity contribution in [3.8, 4) is 17.1 Å². The molecule has 2 aromatic carbocycles. The van der Waals surface area contributed by atoms with Crippen LogP contribution in [-0.2, 0) is 0 Å². The number of halogens is 2. The summed E-state index contributed by atoms with van der Waals surface area (Å²) in [6.07, 6.45) is 1.42. The fourth-order valence-electron chi connectivity index (χ4n) is 3.39. The van der Waals surface area contributed by atoms with E-state index in [-0.39, 0.29) is 23.2 Å². The van der Waals surface area contributed by atoms with Crippen molar-refractivity contribution >= 4 is 5.91 Å². The lowest BCUT2D eigenvalue weighted by molar-refractivity contribution is 0.0706. The van der Waals surface area contributed by atoms with Gasteiger partial charge in [0.25, 0.3) is 5.91 Å². The molecule has 8 heteroatoms. The predicted octanol–water partition coefficient (Wildman–Crippen LogP) is 4.00. The number of hydrogen-bond donors (Lipinski definition) is 0. The highest BCUT2D eigenvalue weighted by molar-refractivity contribution is 5.97. The summed E-state index contributed by atoms with van der Waals surface area (Å²) in [5, 5.41) is 3.81. The molecule has 0 spiro atoms. The molecule has 28 heavy (non-hydrogen) atoms. The van der Waals surface area contributed by atoms with Gasteiger partial charge in [0, 0.05) is 12.6 Å². The Bertz CT molecular complexity index is 1020. The molecule has 2 heterocycles. The summed E-state index contributed by atoms with van der Waals surface area (Å²) in [5.74, 6) is -0.941. The van der Waals surface area contributed by atoms with Crippen LogP contribution in [0.5, 0.6) is 5.75 Å². The number of para-hydroxylation sites is 1. The first kappa shape index (κ1) is 18.1. The van der Waals surface area contributed by atoms with Crippen molar-refractivity contribution in [1.29, 1.82) is 0 Å². The lowest BCUT2D eigenvalue weighted by Crippen LogP contribution is -2.31. The zero-order valence-electron chi connectivity index (χ0n) is 15.1. The Kier molecular flexibility index (Phi) is 4.77. The van der Waals surface area contributed by atoms with Crippen LogP contribution in [0.4, 0.5) is 8.78 Å². The summed E-state index contributed by atoms with van der Waals surface area (Å²) in [7, 11) is 1.51.